The number of nitrogens with one attached hydrogen (secondary N) is 6. The van der Waals surface area contributed by atoms with Crippen LogP contribution in [0, 0.1) is 23.7 Å². The molecule has 140 heavy (non-hydrogen) atoms. The van der Waals surface area contributed by atoms with Crippen LogP contribution in [0.1, 0.15) is 149 Å². The minimum atomic E-state index is -2.02. The van der Waals surface area contributed by atoms with Gasteiger partial charge in [-0.2, -0.15) is 0 Å². The number of esters is 4. The monoisotopic (exact) mass is 2000 g/mol. The van der Waals surface area contributed by atoms with Crippen LogP contribution in [-0.4, -0.2) is 404 Å². The van der Waals surface area contributed by atoms with E-state index in [0.29, 0.717) is 25.7 Å². The van der Waals surface area contributed by atoms with Crippen molar-refractivity contribution in [3.05, 3.63) is 89.0 Å². The summed E-state index contributed by atoms with van der Waals surface area (Å²) in [5.74, 6) is -11.8. The maximum absolute atomic E-state index is 14.4. The molecule has 8 fully saturated rings. The number of nitrogens with zero attached hydrogens (tertiary/aromatic N) is 6. The quantitative estimate of drug-likeness (QED) is 0.00846. The van der Waals surface area contributed by atoms with Crippen molar-refractivity contribution < 1.29 is 190 Å². The Kier molecular flexibility index (Phi) is 40.6. The standard InChI is InChI=1S/C85H124N12O43/c1-38-60(104)64(108)66(110)80(129-38)139-68-46(86-74(112)48-27-56(100)90-84(120)88-48)23-42(78(118)122-3)25-50(68)133-82-72(70(62(106)54(33-98)135-82)131-52(76(114)115)21-40-11-7-5-8-12-40)137-58(102)31-96-29-44(92-94-96)35-126-19-17-124-15-16-125-18-20-127-37-128-36-45-30-97(95-93-45)32-59(103)138-73-71(132-53(77(116)117)22-41-13-9-6-10-14-41)63(107)55(34-99)136-83(73)134-51-26-43(79(119)123-4)24-47(87-75(113)49-28-57(101)91-85(121)89-49)69(51)140-81-67(111)65(109)61(105)39(2)130-81/h27-30,38-43,46-47,50-55,60-73,80-83,98-99,104-111H,5-26,31-37H2,1-4H3,(H,86,112)(H,87,113)(H,114,115)(H,116,117)(H2,88,90,100,120)(H2,89,91,101,121)/t38?,39?,42?,43?,46-,47-,50-,51-,52+,53+,54?,55?,60-,61-,62+,63+,64?,65?,66+,67+,68?,69?,70?,71?,72?,73?,80+,81+,82-,83-/m1/s1. The molecule has 4 aromatic rings. The highest BCUT2D eigenvalue weighted by atomic mass is 16.8. The third kappa shape index (κ3) is 29.6. The number of carbonyl (C=O) groups excluding carboxylic acids is 6. The molecule has 18 N–H and O–H groups in total. The number of aliphatic carboxylic acids is 2. The highest BCUT2D eigenvalue weighted by Crippen LogP contribution is 2.42. The number of ether oxygens (including phenoxy) is 19. The van der Waals surface area contributed by atoms with Crippen molar-refractivity contribution in [3.63, 3.8) is 0 Å². The van der Waals surface area contributed by atoms with Crippen LogP contribution >= 0.6 is 0 Å². The zero-order valence-corrected chi connectivity index (χ0v) is 77.0. The van der Waals surface area contributed by atoms with E-state index in [9.17, 15) is 119 Å². The number of aromatic nitrogens is 10. The second kappa shape index (κ2) is 52.1. The minimum Gasteiger partial charge on any atom is -0.479 e. The summed E-state index contributed by atoms with van der Waals surface area (Å²) in [4.78, 5) is 168. The zero-order chi connectivity index (χ0) is 101. The van der Waals surface area contributed by atoms with Crippen molar-refractivity contribution in [1.29, 1.82) is 0 Å². The lowest BCUT2D eigenvalue weighted by Gasteiger charge is -2.48. The smallest absolute Gasteiger partial charge is 0.332 e. The number of hydrogen-bond donors (Lipinski definition) is 18. The van der Waals surface area contributed by atoms with E-state index in [1.807, 2.05) is 9.97 Å². The van der Waals surface area contributed by atoms with Gasteiger partial charge in [-0.05, 0) is 64.2 Å². The van der Waals surface area contributed by atoms with Gasteiger partial charge < -0.3 is 172 Å². The van der Waals surface area contributed by atoms with Gasteiger partial charge in [-0.15, -0.1) is 10.2 Å². The van der Waals surface area contributed by atoms with Gasteiger partial charge >= 0.3 is 47.2 Å². The predicted octanol–water partition coefficient (Wildman–Crippen LogP) is -7.08. The molecule has 8 aliphatic rings. The lowest BCUT2D eigenvalue weighted by molar-refractivity contribution is -0.348. The van der Waals surface area contributed by atoms with E-state index >= 15 is 0 Å². The van der Waals surface area contributed by atoms with Gasteiger partial charge in [-0.3, -0.25) is 48.3 Å². The summed E-state index contributed by atoms with van der Waals surface area (Å²) in [6.07, 6.45) is -37.3. The van der Waals surface area contributed by atoms with Crippen LogP contribution in [0.4, 0.5) is 0 Å². The molecule has 0 spiro atoms. The molecule has 2 amide bonds. The average Bonchev–Trinajstić information content (AvgIpc) is 0.877. The van der Waals surface area contributed by atoms with Gasteiger partial charge in [0, 0.05) is 12.1 Å². The van der Waals surface area contributed by atoms with Gasteiger partial charge in [-0.1, -0.05) is 74.6 Å². The van der Waals surface area contributed by atoms with E-state index in [4.69, 9.17) is 90.0 Å². The van der Waals surface area contributed by atoms with Crippen LogP contribution in [0.5, 0.6) is 0 Å². The molecular weight excluding hydrogens is 1880 g/mol. The third-order valence-corrected chi connectivity index (χ3v) is 25.6. The molecule has 0 aromatic carbocycles. The fourth-order valence-electron chi connectivity index (χ4n) is 18.4. The van der Waals surface area contributed by atoms with Gasteiger partial charge in [-0.25, -0.2) is 28.5 Å². The Bertz CT molecular complexity index is 4580. The first-order valence-electron chi connectivity index (χ1n) is 46.2. The lowest BCUT2D eigenvalue weighted by Crippen LogP contribution is -2.65. The number of aliphatic hydroxyl groups excluding tert-OH is 10. The fourth-order valence-corrected chi connectivity index (χ4v) is 18.4. The second-order valence-corrected chi connectivity index (χ2v) is 35.6. The molecule has 4 saturated carbocycles. The molecule has 12 rings (SSSR count). The van der Waals surface area contributed by atoms with E-state index in [2.05, 4.69) is 41.2 Å². The second-order valence-electron chi connectivity index (χ2n) is 35.6. The Balaban J connectivity index is 0.627. The van der Waals surface area contributed by atoms with Gasteiger partial charge in [0.15, 0.2) is 49.6 Å². The number of carbonyl (C=O) groups is 8. The molecule has 4 aliphatic heterocycles. The molecule has 0 radical (unpaired) electrons. The molecule has 0 bridgehead atoms. The number of carboxylic acid groups (broad SMARTS) is 2. The van der Waals surface area contributed by atoms with Crippen LogP contribution in [0.25, 0.3) is 0 Å². The average molecular weight is 2000 g/mol. The Morgan fingerprint density at radius 1 is 0.450 bits per heavy atom. The van der Waals surface area contributed by atoms with Crippen molar-refractivity contribution >= 4 is 47.6 Å². The SMILES string of the molecule is COC(=O)C1C[C@@H](NC(=O)c2cc(=O)[nH]c(=O)[nH]2)C(O[C@@H]2OC(C)[C@@H](O)C(O)[C@@H]2O)[C@H](O[C@@H]2OC(CO)[C@H](O)C(O[C@@H](CC3CCCCC3)C(=O)O)C2OC(=O)Cn2cc(COCCOCCOCCOCOCc3cn(CC(=O)OC4C(O[C@@H](CC5CCCCC5)C(=O)O)[C@@H](O)C(CO)O[C@H]4O[C@@H]4CC(C(=O)OC)C[C@@H](NC(=O)c5cc(=O)[nH]c(=O)[nH]5)C4O[C@@H]4OC(C)[C@@H](O)C(O)[C@@H]4O)nn3)nn2)C1. The highest BCUT2D eigenvalue weighted by Gasteiger charge is 2.58. The number of hydrogen-bond acceptors (Lipinski definition) is 45. The maximum Gasteiger partial charge on any atom is 0.332 e. The van der Waals surface area contributed by atoms with Gasteiger partial charge in [0.1, 0.15) is 128 Å². The molecule has 4 aromatic heterocycles. The summed E-state index contributed by atoms with van der Waals surface area (Å²) in [7, 11) is 2.14. The van der Waals surface area contributed by atoms with Crippen LogP contribution in [-0.2, 0) is 145 Å². The first-order chi connectivity index (χ1) is 67.1. The Hall–Kier alpha value is -9.60. The van der Waals surface area contributed by atoms with Crippen molar-refractivity contribution in [2.24, 2.45) is 23.7 Å². The van der Waals surface area contributed by atoms with Crippen LogP contribution < -0.4 is 33.1 Å². The number of carboxylic acids is 2. The third-order valence-electron chi connectivity index (χ3n) is 25.6. The van der Waals surface area contributed by atoms with Crippen LogP contribution in [0.3, 0.4) is 0 Å². The predicted molar refractivity (Wildman–Crippen MR) is 457 cm³/mol. The van der Waals surface area contributed by atoms with Crippen molar-refractivity contribution in [3.8, 4) is 0 Å². The van der Waals surface area contributed by atoms with E-state index in [1.165, 1.54) is 26.2 Å². The van der Waals surface area contributed by atoms with Gasteiger partial charge in [0.2, 0.25) is 0 Å². The number of aliphatic hydroxyl groups is 10. The summed E-state index contributed by atoms with van der Waals surface area (Å²) < 4.78 is 115. The lowest BCUT2D eigenvalue weighted by atomic mass is 9.81. The molecule has 8 heterocycles. The summed E-state index contributed by atoms with van der Waals surface area (Å²) in [6.45, 7) is -0.846. The maximum atomic E-state index is 14.4. The normalized spacial score (nSPS) is 32.3. The topological polar surface area (TPSA) is 772 Å². The summed E-state index contributed by atoms with van der Waals surface area (Å²) >= 11 is 0. The molecule has 55 nitrogen and oxygen atoms in total. The number of H-pyrrole nitrogens is 4. The number of amides is 2. The van der Waals surface area contributed by atoms with E-state index < -0.39 is 304 Å². The molecule has 14 unspecified atom stereocenters. The minimum absolute atomic E-state index is 0.0347. The molecule has 782 valence electrons. The highest BCUT2D eigenvalue weighted by molar-refractivity contribution is 5.93. The van der Waals surface area contributed by atoms with E-state index in [0.717, 1.165) is 74.2 Å². The van der Waals surface area contributed by atoms with E-state index in [-0.39, 0.29) is 109 Å². The largest absolute Gasteiger partial charge is 0.479 e. The zero-order valence-electron chi connectivity index (χ0n) is 77.0. The first-order valence-corrected chi connectivity index (χ1v) is 46.2. The van der Waals surface area contributed by atoms with Crippen molar-refractivity contribution in [2.75, 3.05) is 73.9 Å². The number of rotatable bonds is 47. The van der Waals surface area contributed by atoms with Gasteiger partial charge in [0.25, 0.3) is 22.9 Å². The molecule has 4 saturated heterocycles. The summed E-state index contributed by atoms with van der Waals surface area (Å²) in [5, 5.41) is 154. The summed E-state index contributed by atoms with van der Waals surface area (Å²) in [5.41, 5.74) is -4.80. The van der Waals surface area contributed by atoms with Crippen LogP contribution in [0.2, 0.25) is 0 Å². The Labute approximate surface area is 795 Å². The molecular formula is C85H124N12O43. The van der Waals surface area contributed by atoms with Gasteiger partial charge in [0.05, 0.1) is 141 Å². The van der Waals surface area contributed by atoms with Crippen molar-refractivity contribution in [2.45, 2.75) is 314 Å². The van der Waals surface area contributed by atoms with Crippen molar-refractivity contribution in [1.82, 2.24) is 60.6 Å². The summed E-state index contributed by atoms with van der Waals surface area (Å²) in [6, 6.07) is -1.41. The first kappa shape index (κ1) is 109. The Morgan fingerprint density at radius 3 is 1.21 bits per heavy atom. The molecule has 30 atom stereocenters. The number of aromatic amines is 4. The molecule has 4 aliphatic carbocycles. The fraction of sp³-hybridized carbons (Fsp3) is 0.765. The van der Waals surface area contributed by atoms with Crippen LogP contribution in [0.15, 0.2) is 43.7 Å². The molecule has 55 heteroatoms. The Morgan fingerprint density at radius 2 is 0.836 bits per heavy atom. The van der Waals surface area contributed by atoms with E-state index in [1.54, 1.807) is 0 Å². The number of methoxy groups -OCH3 is 2.